The Balaban J connectivity index is 2.06. The average Bonchev–Trinajstić information content (AvgIpc) is 2.39. The second-order valence-corrected chi connectivity index (χ2v) is 4.74. The first kappa shape index (κ1) is 12.0. The summed E-state index contributed by atoms with van der Waals surface area (Å²) < 4.78 is 0. The van der Waals surface area contributed by atoms with Crippen LogP contribution in [0.4, 0.5) is 11.4 Å². The van der Waals surface area contributed by atoms with Gasteiger partial charge >= 0.3 is 0 Å². The summed E-state index contributed by atoms with van der Waals surface area (Å²) >= 11 is 5.93. The number of halogens is 1. The number of amides is 1. The van der Waals surface area contributed by atoms with Gasteiger partial charge in [0.1, 0.15) is 0 Å². The molecule has 2 N–H and O–H groups in total. The van der Waals surface area contributed by atoms with Gasteiger partial charge in [-0.15, -0.1) is 0 Å². The predicted molar refractivity (Wildman–Crippen MR) is 73.5 cm³/mol. The summed E-state index contributed by atoms with van der Waals surface area (Å²) in [6, 6.07) is 13.2. The normalized spacial score (nSPS) is 17.9. The average molecular weight is 275 g/mol. The molecule has 1 aliphatic heterocycles. The monoisotopic (exact) mass is 274 g/mol. The van der Waals surface area contributed by atoms with Gasteiger partial charge in [0.15, 0.2) is 6.04 Å². The molecule has 0 saturated heterocycles. The van der Waals surface area contributed by atoms with Crippen LogP contribution in [0.1, 0.15) is 11.6 Å². The Morgan fingerprint density at radius 1 is 1.16 bits per heavy atom. The first-order valence-electron chi connectivity index (χ1n) is 5.80. The lowest BCUT2D eigenvalue weighted by atomic mass is 10.0. The van der Waals surface area contributed by atoms with E-state index in [1.165, 1.54) is 0 Å². The number of fused-ring (bicyclic) bond motifs is 1. The van der Waals surface area contributed by atoms with Crippen molar-refractivity contribution in [3.05, 3.63) is 59.1 Å². The van der Waals surface area contributed by atoms with Gasteiger partial charge in [-0.1, -0.05) is 35.9 Å². The first-order chi connectivity index (χ1) is 9.16. The maximum atomic E-state index is 12.1. The van der Waals surface area contributed by atoms with Crippen LogP contribution in [-0.4, -0.2) is 11.1 Å². The Morgan fingerprint density at radius 2 is 1.95 bits per heavy atom. The fourth-order valence-corrected chi connectivity index (χ4v) is 2.40. The van der Waals surface area contributed by atoms with E-state index in [-0.39, 0.29) is 5.91 Å². The smallest absolute Gasteiger partial charge is 0.254 e. The van der Waals surface area contributed by atoms with E-state index in [0.717, 1.165) is 5.06 Å². The van der Waals surface area contributed by atoms with Gasteiger partial charge in [0.25, 0.3) is 5.91 Å². The summed E-state index contributed by atoms with van der Waals surface area (Å²) in [5.74, 6) is -0.288. The zero-order chi connectivity index (χ0) is 13.4. The fourth-order valence-electron chi connectivity index (χ4n) is 2.20. The molecule has 96 valence electrons. The summed E-state index contributed by atoms with van der Waals surface area (Å²) in [6.07, 6.45) is 0. The summed E-state index contributed by atoms with van der Waals surface area (Å²) in [5.41, 5.74) is 1.79. The van der Waals surface area contributed by atoms with E-state index in [9.17, 15) is 10.0 Å². The van der Waals surface area contributed by atoms with Crippen molar-refractivity contribution in [3.8, 4) is 0 Å². The molecule has 4 nitrogen and oxygen atoms in total. The summed E-state index contributed by atoms with van der Waals surface area (Å²) in [5, 5.41) is 14.5. The number of anilines is 2. The van der Waals surface area contributed by atoms with Gasteiger partial charge in [-0.3, -0.25) is 10.0 Å². The second kappa shape index (κ2) is 4.57. The standard InChI is InChI=1S/C14H11ClN2O2/c15-10-5-3-4-9(8-10)13-14(18)16-11-6-1-2-7-12(11)17(13)19/h1-8,13,19H,(H,16,18)/t13-/m0/s1. The molecule has 0 saturated carbocycles. The molecule has 2 aromatic carbocycles. The minimum atomic E-state index is -0.798. The first-order valence-corrected chi connectivity index (χ1v) is 6.18. The SMILES string of the molecule is O=C1Nc2ccccc2N(O)[C@H]1c1cccc(Cl)c1. The Bertz CT molecular complexity index is 645. The summed E-state index contributed by atoms with van der Waals surface area (Å²) in [7, 11) is 0. The van der Waals surface area contributed by atoms with Crippen molar-refractivity contribution in [3.63, 3.8) is 0 Å². The Kier molecular flexibility index (Phi) is 2.89. The molecule has 2 aromatic rings. The van der Waals surface area contributed by atoms with Crippen molar-refractivity contribution in [2.45, 2.75) is 6.04 Å². The lowest BCUT2D eigenvalue weighted by Gasteiger charge is -2.33. The van der Waals surface area contributed by atoms with E-state index >= 15 is 0 Å². The van der Waals surface area contributed by atoms with Crippen molar-refractivity contribution in [1.82, 2.24) is 0 Å². The molecule has 0 unspecified atom stereocenters. The number of hydrogen-bond donors (Lipinski definition) is 2. The third-order valence-electron chi connectivity index (χ3n) is 3.07. The fraction of sp³-hybridized carbons (Fsp3) is 0.0714. The van der Waals surface area contributed by atoms with Crippen molar-refractivity contribution < 1.29 is 10.0 Å². The van der Waals surface area contributed by atoms with Crippen molar-refractivity contribution in [2.75, 3.05) is 10.4 Å². The molecule has 0 fully saturated rings. The van der Waals surface area contributed by atoms with Crippen LogP contribution in [0.3, 0.4) is 0 Å². The zero-order valence-corrected chi connectivity index (χ0v) is 10.6. The summed E-state index contributed by atoms with van der Waals surface area (Å²) in [4.78, 5) is 12.1. The minimum Gasteiger partial charge on any atom is -0.322 e. The number of hydroxylamine groups is 1. The van der Waals surface area contributed by atoms with E-state index in [1.54, 1.807) is 48.5 Å². The van der Waals surface area contributed by atoms with Crippen LogP contribution in [0.25, 0.3) is 0 Å². The molecule has 1 atom stereocenters. The van der Waals surface area contributed by atoms with Gasteiger partial charge in [0.2, 0.25) is 0 Å². The molecular formula is C14H11ClN2O2. The molecular weight excluding hydrogens is 264 g/mol. The molecule has 0 spiro atoms. The lowest BCUT2D eigenvalue weighted by Crippen LogP contribution is -2.39. The highest BCUT2D eigenvalue weighted by atomic mass is 35.5. The van der Waals surface area contributed by atoms with Crippen molar-refractivity contribution in [2.24, 2.45) is 0 Å². The van der Waals surface area contributed by atoms with Crippen LogP contribution in [0, 0.1) is 0 Å². The number of para-hydroxylation sites is 2. The van der Waals surface area contributed by atoms with Crippen LogP contribution in [0.5, 0.6) is 0 Å². The Morgan fingerprint density at radius 3 is 2.74 bits per heavy atom. The number of carbonyl (C=O) groups is 1. The Labute approximate surface area is 115 Å². The highest BCUT2D eigenvalue weighted by Crippen LogP contribution is 2.36. The third-order valence-corrected chi connectivity index (χ3v) is 3.30. The van der Waals surface area contributed by atoms with Crippen LogP contribution in [0.15, 0.2) is 48.5 Å². The number of nitrogens with zero attached hydrogens (tertiary/aromatic N) is 1. The minimum absolute atomic E-state index is 0.288. The van der Waals surface area contributed by atoms with E-state index in [2.05, 4.69) is 5.32 Å². The van der Waals surface area contributed by atoms with Gasteiger partial charge in [-0.2, -0.15) is 0 Å². The maximum Gasteiger partial charge on any atom is 0.254 e. The largest absolute Gasteiger partial charge is 0.322 e. The highest BCUT2D eigenvalue weighted by Gasteiger charge is 2.33. The Hall–Kier alpha value is -2.04. The zero-order valence-electron chi connectivity index (χ0n) is 9.88. The second-order valence-electron chi connectivity index (χ2n) is 4.31. The summed E-state index contributed by atoms with van der Waals surface area (Å²) in [6.45, 7) is 0. The number of benzene rings is 2. The van der Waals surface area contributed by atoms with Gasteiger partial charge < -0.3 is 5.32 Å². The van der Waals surface area contributed by atoms with Crippen LogP contribution in [-0.2, 0) is 4.79 Å². The van der Waals surface area contributed by atoms with Gasteiger partial charge in [-0.25, -0.2) is 5.06 Å². The maximum absolute atomic E-state index is 12.1. The van der Waals surface area contributed by atoms with Gasteiger partial charge in [-0.05, 0) is 29.8 Å². The lowest BCUT2D eigenvalue weighted by molar-refractivity contribution is -0.119. The van der Waals surface area contributed by atoms with Gasteiger partial charge in [0, 0.05) is 5.02 Å². The van der Waals surface area contributed by atoms with Crippen LogP contribution >= 0.6 is 11.6 Å². The predicted octanol–water partition coefficient (Wildman–Crippen LogP) is 3.23. The molecule has 0 bridgehead atoms. The number of carbonyl (C=O) groups excluding carboxylic acids is 1. The molecule has 0 radical (unpaired) electrons. The number of hydrogen-bond acceptors (Lipinski definition) is 3. The molecule has 1 amide bonds. The quantitative estimate of drug-likeness (QED) is 0.839. The molecule has 1 heterocycles. The molecule has 1 aliphatic rings. The topological polar surface area (TPSA) is 52.6 Å². The molecule has 0 aliphatic carbocycles. The van der Waals surface area contributed by atoms with E-state index in [1.807, 2.05) is 0 Å². The van der Waals surface area contributed by atoms with Crippen LogP contribution < -0.4 is 10.4 Å². The number of rotatable bonds is 1. The molecule has 3 rings (SSSR count). The van der Waals surface area contributed by atoms with E-state index in [0.29, 0.717) is 22.0 Å². The van der Waals surface area contributed by atoms with Gasteiger partial charge in [0.05, 0.1) is 11.4 Å². The van der Waals surface area contributed by atoms with E-state index < -0.39 is 6.04 Å². The van der Waals surface area contributed by atoms with Crippen LogP contribution in [0.2, 0.25) is 5.02 Å². The third kappa shape index (κ3) is 2.05. The molecule has 0 aromatic heterocycles. The molecule has 5 heteroatoms. The van der Waals surface area contributed by atoms with E-state index in [4.69, 9.17) is 11.6 Å². The van der Waals surface area contributed by atoms with Crippen molar-refractivity contribution >= 4 is 28.9 Å². The highest BCUT2D eigenvalue weighted by molar-refractivity contribution is 6.30. The molecule has 19 heavy (non-hydrogen) atoms. The number of nitrogens with one attached hydrogen (secondary N) is 1. The van der Waals surface area contributed by atoms with Crippen molar-refractivity contribution in [1.29, 1.82) is 0 Å².